The lowest BCUT2D eigenvalue weighted by Crippen LogP contribution is -2.41. The second-order valence-corrected chi connectivity index (χ2v) is 4.97. The minimum absolute atomic E-state index is 0.174. The monoisotopic (exact) mass is 251 g/mol. The van der Waals surface area contributed by atoms with E-state index in [0.717, 1.165) is 18.7 Å². The molecule has 3 heteroatoms. The molecule has 1 atom stereocenters. The Morgan fingerprint density at radius 2 is 1.78 bits per heavy atom. The average molecular weight is 251 g/mol. The van der Waals surface area contributed by atoms with Crippen molar-refractivity contribution in [2.75, 3.05) is 20.8 Å². The van der Waals surface area contributed by atoms with Crippen LogP contribution in [0.15, 0.2) is 24.3 Å². The molecule has 0 fully saturated rings. The second kappa shape index (κ2) is 6.76. The van der Waals surface area contributed by atoms with Gasteiger partial charge in [-0.3, -0.25) is 0 Å². The number of ether oxygens (including phenoxy) is 2. The van der Waals surface area contributed by atoms with Gasteiger partial charge in [-0.15, -0.1) is 0 Å². The Kier molecular flexibility index (Phi) is 5.63. The maximum absolute atomic E-state index is 5.61. The highest BCUT2D eigenvalue weighted by Crippen LogP contribution is 2.29. The van der Waals surface area contributed by atoms with Crippen LogP contribution in [0.3, 0.4) is 0 Å². The molecule has 1 N–H and O–H groups in total. The van der Waals surface area contributed by atoms with Gasteiger partial charge >= 0.3 is 0 Å². The van der Waals surface area contributed by atoms with E-state index in [9.17, 15) is 0 Å². The van der Waals surface area contributed by atoms with E-state index in [-0.39, 0.29) is 11.6 Å². The van der Waals surface area contributed by atoms with Crippen LogP contribution >= 0.6 is 0 Å². The lowest BCUT2D eigenvalue weighted by atomic mass is 9.91. The van der Waals surface area contributed by atoms with E-state index < -0.39 is 0 Å². The molecule has 1 unspecified atom stereocenters. The van der Waals surface area contributed by atoms with Crippen LogP contribution in [0.25, 0.3) is 0 Å². The summed E-state index contributed by atoms with van der Waals surface area (Å²) in [5, 5.41) is 3.55. The van der Waals surface area contributed by atoms with Crippen molar-refractivity contribution in [1.82, 2.24) is 5.32 Å². The van der Waals surface area contributed by atoms with Gasteiger partial charge in [0, 0.05) is 7.11 Å². The predicted octanol–water partition coefficient (Wildman–Crippen LogP) is 3.16. The third kappa shape index (κ3) is 3.72. The molecular weight excluding hydrogens is 226 g/mol. The maximum atomic E-state index is 5.61. The Morgan fingerprint density at radius 1 is 1.17 bits per heavy atom. The highest BCUT2D eigenvalue weighted by molar-refractivity contribution is 5.30. The molecule has 0 saturated carbocycles. The van der Waals surface area contributed by atoms with Crippen LogP contribution in [-0.4, -0.2) is 26.4 Å². The fourth-order valence-corrected chi connectivity index (χ4v) is 1.97. The van der Waals surface area contributed by atoms with Crippen molar-refractivity contribution in [3.63, 3.8) is 0 Å². The summed E-state index contributed by atoms with van der Waals surface area (Å²) in [6.07, 6.45) is 1.10. The Hall–Kier alpha value is -1.06. The van der Waals surface area contributed by atoms with Crippen LogP contribution in [0.2, 0.25) is 0 Å². The number of rotatable bonds is 7. The van der Waals surface area contributed by atoms with Gasteiger partial charge in [-0.25, -0.2) is 0 Å². The van der Waals surface area contributed by atoms with Gasteiger partial charge in [0.25, 0.3) is 0 Å². The molecule has 0 amide bonds. The summed E-state index contributed by atoms with van der Waals surface area (Å²) in [4.78, 5) is 0. The molecule has 0 aromatic heterocycles. The summed E-state index contributed by atoms with van der Waals surface area (Å²) in [6, 6.07) is 8.33. The van der Waals surface area contributed by atoms with Crippen LogP contribution in [0.5, 0.6) is 5.75 Å². The van der Waals surface area contributed by atoms with Crippen LogP contribution in [-0.2, 0) is 4.74 Å². The molecule has 0 spiro atoms. The fraction of sp³-hybridized carbons (Fsp3) is 0.600. The first-order valence-corrected chi connectivity index (χ1v) is 6.47. The Bertz CT molecular complexity index is 346. The first-order valence-electron chi connectivity index (χ1n) is 6.47. The molecule has 102 valence electrons. The van der Waals surface area contributed by atoms with Gasteiger partial charge in [0.2, 0.25) is 0 Å². The first kappa shape index (κ1) is 15.0. The van der Waals surface area contributed by atoms with Gasteiger partial charge in [-0.05, 0) is 44.5 Å². The molecule has 0 aliphatic heterocycles. The van der Waals surface area contributed by atoms with E-state index in [0.29, 0.717) is 0 Å². The zero-order valence-corrected chi connectivity index (χ0v) is 12.1. The van der Waals surface area contributed by atoms with Gasteiger partial charge in [0.05, 0.1) is 18.8 Å². The van der Waals surface area contributed by atoms with Crippen molar-refractivity contribution in [3.05, 3.63) is 29.8 Å². The Balaban J connectivity index is 2.93. The van der Waals surface area contributed by atoms with E-state index in [2.05, 4.69) is 38.2 Å². The zero-order chi connectivity index (χ0) is 13.6. The lowest BCUT2D eigenvalue weighted by molar-refractivity contribution is -0.0110. The van der Waals surface area contributed by atoms with Crippen molar-refractivity contribution < 1.29 is 9.47 Å². The van der Waals surface area contributed by atoms with Crippen molar-refractivity contribution in [1.29, 1.82) is 0 Å². The molecule has 3 nitrogen and oxygen atoms in total. The van der Waals surface area contributed by atoms with E-state index in [1.807, 2.05) is 12.1 Å². The lowest BCUT2D eigenvalue weighted by Gasteiger charge is -2.34. The molecule has 0 aliphatic carbocycles. The largest absolute Gasteiger partial charge is 0.497 e. The zero-order valence-electron chi connectivity index (χ0n) is 12.1. The highest BCUT2D eigenvalue weighted by atomic mass is 16.5. The average Bonchev–Trinajstić information content (AvgIpc) is 2.39. The minimum Gasteiger partial charge on any atom is -0.497 e. The number of methoxy groups -OCH3 is 2. The standard InChI is InChI=1S/C15H25NO2/c1-6-11-16-14(15(2,3)18-5)12-7-9-13(17-4)10-8-12/h7-10,14,16H,6,11H2,1-5H3. The van der Waals surface area contributed by atoms with Gasteiger partial charge in [-0.2, -0.15) is 0 Å². The number of benzene rings is 1. The van der Waals surface area contributed by atoms with Gasteiger partial charge in [0.15, 0.2) is 0 Å². The third-order valence-corrected chi connectivity index (χ3v) is 3.27. The van der Waals surface area contributed by atoms with Crippen molar-refractivity contribution in [2.45, 2.75) is 38.8 Å². The van der Waals surface area contributed by atoms with Gasteiger partial charge in [0.1, 0.15) is 5.75 Å². The normalized spacial score (nSPS) is 13.4. The number of hydrogen-bond acceptors (Lipinski definition) is 3. The van der Waals surface area contributed by atoms with Gasteiger partial charge < -0.3 is 14.8 Å². The minimum atomic E-state index is -0.246. The molecule has 0 radical (unpaired) electrons. The molecule has 0 bridgehead atoms. The van der Waals surface area contributed by atoms with E-state index in [4.69, 9.17) is 9.47 Å². The molecule has 0 saturated heterocycles. The molecule has 1 rings (SSSR count). The fourth-order valence-electron chi connectivity index (χ4n) is 1.97. The summed E-state index contributed by atoms with van der Waals surface area (Å²) in [5.41, 5.74) is 0.972. The second-order valence-electron chi connectivity index (χ2n) is 4.97. The van der Waals surface area contributed by atoms with E-state index >= 15 is 0 Å². The van der Waals surface area contributed by atoms with Crippen LogP contribution in [0.4, 0.5) is 0 Å². The molecular formula is C15H25NO2. The quantitative estimate of drug-likeness (QED) is 0.807. The van der Waals surface area contributed by atoms with E-state index in [1.165, 1.54) is 5.56 Å². The van der Waals surface area contributed by atoms with Crippen LogP contribution in [0.1, 0.15) is 38.8 Å². The summed E-state index contributed by atoms with van der Waals surface area (Å²) in [7, 11) is 3.44. The topological polar surface area (TPSA) is 30.5 Å². The molecule has 0 heterocycles. The van der Waals surface area contributed by atoms with Crippen molar-refractivity contribution >= 4 is 0 Å². The van der Waals surface area contributed by atoms with Crippen LogP contribution < -0.4 is 10.1 Å². The molecule has 1 aromatic rings. The van der Waals surface area contributed by atoms with E-state index in [1.54, 1.807) is 14.2 Å². The number of hydrogen-bond donors (Lipinski definition) is 1. The molecule has 1 aromatic carbocycles. The third-order valence-electron chi connectivity index (χ3n) is 3.27. The maximum Gasteiger partial charge on any atom is 0.118 e. The molecule has 18 heavy (non-hydrogen) atoms. The summed E-state index contributed by atoms with van der Waals surface area (Å²) in [5.74, 6) is 0.878. The first-order chi connectivity index (χ1) is 8.55. The highest BCUT2D eigenvalue weighted by Gasteiger charge is 2.30. The smallest absolute Gasteiger partial charge is 0.118 e. The Labute approximate surface area is 110 Å². The predicted molar refractivity (Wildman–Crippen MR) is 75.1 cm³/mol. The SMILES string of the molecule is CCCNC(c1ccc(OC)cc1)C(C)(C)OC. The summed E-state index contributed by atoms with van der Waals surface area (Å²) in [6.45, 7) is 7.34. The molecule has 0 aliphatic rings. The Morgan fingerprint density at radius 3 is 2.22 bits per heavy atom. The van der Waals surface area contributed by atoms with Crippen LogP contribution in [0, 0.1) is 0 Å². The number of nitrogens with one attached hydrogen (secondary N) is 1. The van der Waals surface area contributed by atoms with Crippen molar-refractivity contribution in [3.8, 4) is 5.75 Å². The summed E-state index contributed by atoms with van der Waals surface area (Å²) >= 11 is 0. The van der Waals surface area contributed by atoms with Crippen molar-refractivity contribution in [2.24, 2.45) is 0 Å². The summed E-state index contributed by atoms with van der Waals surface area (Å²) < 4.78 is 10.8. The van der Waals surface area contributed by atoms with Gasteiger partial charge in [-0.1, -0.05) is 19.1 Å².